The number of ether oxygens (including phenoxy) is 1. The van der Waals surface area contributed by atoms with Gasteiger partial charge in [0.05, 0.1) is 13.5 Å². The van der Waals surface area contributed by atoms with Crippen molar-refractivity contribution < 1.29 is 28.3 Å². The summed E-state index contributed by atoms with van der Waals surface area (Å²) in [6.07, 6.45) is 9.67. The number of nitrogens with one attached hydrogen (secondary N) is 3. The molecule has 5 amide bonds. The second-order valence-corrected chi connectivity index (χ2v) is 11.8. The third kappa shape index (κ3) is 5.69. The van der Waals surface area contributed by atoms with Gasteiger partial charge in [-0.3, -0.25) is 19.7 Å². The normalized spacial score (nSPS) is 23.9. The summed E-state index contributed by atoms with van der Waals surface area (Å²) in [7, 11) is 3.66. The molecular formula is C32H37N5O6. The summed E-state index contributed by atoms with van der Waals surface area (Å²) >= 11 is 0. The minimum atomic E-state index is -1.67. The van der Waals surface area contributed by atoms with Crippen molar-refractivity contribution in [3.63, 3.8) is 0 Å². The van der Waals surface area contributed by atoms with Gasteiger partial charge < -0.3 is 29.6 Å². The molecule has 4 heterocycles. The summed E-state index contributed by atoms with van der Waals surface area (Å²) in [4.78, 5) is 56.4. The average Bonchev–Trinajstić information content (AvgIpc) is 3.31. The minimum absolute atomic E-state index is 0.0716. The number of rotatable bonds is 7. The van der Waals surface area contributed by atoms with E-state index in [1.54, 1.807) is 24.3 Å². The number of carbonyl (C=O) groups is 4. The van der Waals surface area contributed by atoms with Crippen LogP contribution in [0, 0.1) is 5.92 Å². The van der Waals surface area contributed by atoms with Gasteiger partial charge in [0.1, 0.15) is 17.3 Å². The number of benzene rings is 1. The van der Waals surface area contributed by atoms with Crippen LogP contribution in [0.3, 0.4) is 0 Å². The van der Waals surface area contributed by atoms with E-state index in [4.69, 9.17) is 9.15 Å². The van der Waals surface area contributed by atoms with Gasteiger partial charge in [-0.1, -0.05) is 18.2 Å². The monoisotopic (exact) mass is 587 g/mol. The third-order valence-electron chi connectivity index (χ3n) is 8.91. The fourth-order valence-electron chi connectivity index (χ4n) is 6.45. The highest BCUT2D eigenvalue weighted by Crippen LogP contribution is 2.33. The molecule has 2 saturated heterocycles. The van der Waals surface area contributed by atoms with Crippen LogP contribution in [-0.4, -0.2) is 79.6 Å². The van der Waals surface area contributed by atoms with E-state index in [0.717, 1.165) is 43.5 Å². The predicted molar refractivity (Wildman–Crippen MR) is 158 cm³/mol. The van der Waals surface area contributed by atoms with Crippen LogP contribution in [0.25, 0.3) is 6.08 Å². The highest BCUT2D eigenvalue weighted by molar-refractivity contribution is 6.10. The van der Waals surface area contributed by atoms with Gasteiger partial charge in [-0.15, -0.1) is 0 Å². The number of furan rings is 1. The summed E-state index contributed by atoms with van der Waals surface area (Å²) in [6.45, 7) is 2.98. The highest BCUT2D eigenvalue weighted by atomic mass is 16.5. The van der Waals surface area contributed by atoms with Gasteiger partial charge in [-0.25, -0.2) is 4.79 Å². The van der Waals surface area contributed by atoms with E-state index >= 15 is 0 Å². The van der Waals surface area contributed by atoms with Gasteiger partial charge in [-0.05, 0) is 88.0 Å². The molecule has 0 bridgehead atoms. The van der Waals surface area contributed by atoms with Crippen molar-refractivity contribution >= 4 is 29.8 Å². The molecule has 1 aromatic carbocycles. The molecule has 2 aromatic rings. The van der Waals surface area contributed by atoms with E-state index in [0.29, 0.717) is 53.7 Å². The molecule has 6 rings (SSSR count). The molecular weight excluding hydrogens is 550 g/mol. The van der Waals surface area contributed by atoms with Crippen molar-refractivity contribution in [2.45, 2.75) is 44.2 Å². The Morgan fingerprint density at radius 2 is 2.00 bits per heavy atom. The number of allylic oxidation sites excluding steroid dienone is 1. The van der Waals surface area contributed by atoms with Crippen LogP contribution < -0.4 is 20.7 Å². The van der Waals surface area contributed by atoms with Gasteiger partial charge in [-0.2, -0.15) is 0 Å². The number of amides is 5. The number of likely N-dealkylation sites (tertiary alicyclic amines) is 1. The van der Waals surface area contributed by atoms with E-state index in [1.165, 1.54) is 12.0 Å². The lowest BCUT2D eigenvalue weighted by Gasteiger charge is -2.40. The van der Waals surface area contributed by atoms with Crippen LogP contribution in [0.2, 0.25) is 0 Å². The lowest BCUT2D eigenvalue weighted by Crippen LogP contribution is -2.65. The van der Waals surface area contributed by atoms with Crippen LogP contribution in [-0.2, 0) is 28.9 Å². The van der Waals surface area contributed by atoms with Gasteiger partial charge in [0.15, 0.2) is 0 Å². The summed E-state index contributed by atoms with van der Waals surface area (Å²) in [6, 6.07) is 6.44. The molecule has 1 aromatic heterocycles. The second-order valence-electron chi connectivity index (χ2n) is 11.8. The highest BCUT2D eigenvalue weighted by Gasteiger charge is 2.54. The van der Waals surface area contributed by atoms with Crippen LogP contribution in [0.15, 0.2) is 46.4 Å². The Labute approximate surface area is 250 Å². The topological polar surface area (TPSA) is 133 Å². The molecule has 2 unspecified atom stereocenters. The number of nitrogens with zero attached hydrogens (tertiary/aromatic N) is 2. The fourth-order valence-corrected chi connectivity index (χ4v) is 6.45. The summed E-state index contributed by atoms with van der Waals surface area (Å²) in [5.41, 5.74) is 0.942. The number of methoxy groups -OCH3 is 1. The minimum Gasteiger partial charge on any atom is -0.497 e. The van der Waals surface area contributed by atoms with Gasteiger partial charge in [0.2, 0.25) is 5.66 Å². The lowest BCUT2D eigenvalue weighted by atomic mass is 9.93. The van der Waals surface area contributed by atoms with Crippen molar-refractivity contribution in [1.29, 1.82) is 0 Å². The smallest absolute Gasteiger partial charge is 0.323 e. The Bertz CT molecular complexity index is 1530. The zero-order valence-electron chi connectivity index (χ0n) is 24.5. The number of hydrogen-bond acceptors (Lipinski definition) is 7. The Morgan fingerprint density at radius 3 is 2.79 bits per heavy atom. The quantitative estimate of drug-likeness (QED) is 0.424. The maximum Gasteiger partial charge on any atom is 0.323 e. The summed E-state index contributed by atoms with van der Waals surface area (Å²) < 4.78 is 11.5. The maximum atomic E-state index is 13.7. The SMILES string of the molecule is COc1ccc2c(c1)C(=O)N(C1(Cc3cc4c(o3)C=C(C(=O)NCC3CCCN(C)CC3)C=CC4)NC(=O)NC1=O)CC2. The van der Waals surface area contributed by atoms with Gasteiger partial charge in [0, 0.05) is 29.8 Å². The van der Waals surface area contributed by atoms with E-state index < -0.39 is 17.6 Å². The van der Waals surface area contributed by atoms with Gasteiger partial charge in [0.25, 0.3) is 17.7 Å². The molecule has 11 nitrogen and oxygen atoms in total. The second kappa shape index (κ2) is 11.7. The summed E-state index contributed by atoms with van der Waals surface area (Å²) in [5.74, 6) is 0.744. The standard InChI is InChI=1S/C32H37N5O6/c1-36-12-4-5-20(10-13-36)19-33-28(38)23-7-3-6-22-15-25(43-27(22)16-23)18-32(30(40)34-31(41)35-32)37-14-11-21-8-9-24(42-2)17-26(21)29(37)39/h3,7-9,15-17,20H,4-6,10-14,18-19H2,1-2H3,(H,33,38)(H2,34,35,40,41). The van der Waals surface area contributed by atoms with Gasteiger partial charge >= 0.3 is 6.03 Å². The molecule has 3 N–H and O–H groups in total. The molecule has 4 aliphatic rings. The first kappa shape index (κ1) is 28.7. The number of hydrogen-bond donors (Lipinski definition) is 3. The first-order chi connectivity index (χ1) is 20.8. The van der Waals surface area contributed by atoms with E-state index in [1.807, 2.05) is 18.2 Å². The van der Waals surface area contributed by atoms with E-state index in [9.17, 15) is 19.2 Å². The Hall–Kier alpha value is -4.38. The average molecular weight is 588 g/mol. The molecule has 226 valence electrons. The molecule has 43 heavy (non-hydrogen) atoms. The molecule has 11 heteroatoms. The van der Waals surface area contributed by atoms with Crippen molar-refractivity contribution in [2.24, 2.45) is 5.92 Å². The molecule has 0 radical (unpaired) electrons. The number of urea groups is 1. The molecule has 3 aliphatic heterocycles. The molecule has 0 spiro atoms. The van der Waals surface area contributed by atoms with Crippen molar-refractivity contribution in [2.75, 3.05) is 40.3 Å². The Balaban J connectivity index is 1.22. The van der Waals surface area contributed by atoms with E-state index in [2.05, 4.69) is 27.9 Å². The summed E-state index contributed by atoms with van der Waals surface area (Å²) in [5, 5.41) is 8.12. The Morgan fingerprint density at radius 1 is 1.14 bits per heavy atom. The van der Waals surface area contributed by atoms with Crippen molar-refractivity contribution in [1.82, 2.24) is 25.8 Å². The Kier molecular flexibility index (Phi) is 7.83. The third-order valence-corrected chi connectivity index (χ3v) is 8.91. The molecule has 2 atom stereocenters. The van der Waals surface area contributed by atoms with Crippen molar-refractivity contribution in [3.05, 3.63) is 70.2 Å². The number of carbonyl (C=O) groups excluding carboxylic acids is 4. The van der Waals surface area contributed by atoms with Crippen LogP contribution in [0.1, 0.15) is 52.3 Å². The zero-order chi connectivity index (χ0) is 30.1. The predicted octanol–water partition coefficient (Wildman–Crippen LogP) is 2.41. The van der Waals surface area contributed by atoms with Crippen LogP contribution in [0.4, 0.5) is 4.79 Å². The molecule has 2 fully saturated rings. The number of imide groups is 1. The fraction of sp³-hybridized carbons (Fsp3) is 0.438. The van der Waals surface area contributed by atoms with Crippen LogP contribution >= 0.6 is 0 Å². The zero-order valence-corrected chi connectivity index (χ0v) is 24.5. The van der Waals surface area contributed by atoms with Crippen molar-refractivity contribution in [3.8, 4) is 5.75 Å². The van der Waals surface area contributed by atoms with Crippen LogP contribution in [0.5, 0.6) is 5.75 Å². The van der Waals surface area contributed by atoms with E-state index in [-0.39, 0.29) is 24.8 Å². The molecule has 1 aliphatic carbocycles. The largest absolute Gasteiger partial charge is 0.497 e. The maximum absolute atomic E-state index is 13.7. The first-order valence-electron chi connectivity index (χ1n) is 14.8. The molecule has 0 saturated carbocycles. The first-order valence-corrected chi connectivity index (χ1v) is 14.8. The number of fused-ring (bicyclic) bond motifs is 2. The lowest BCUT2D eigenvalue weighted by molar-refractivity contribution is -0.130.